The van der Waals surface area contributed by atoms with E-state index in [-0.39, 0.29) is 11.5 Å². The van der Waals surface area contributed by atoms with Crippen molar-refractivity contribution in [3.05, 3.63) is 59.9 Å². The Morgan fingerprint density at radius 3 is 2.46 bits per heavy atom. The van der Waals surface area contributed by atoms with Crippen LogP contribution in [0, 0.1) is 5.82 Å². The van der Waals surface area contributed by atoms with Crippen molar-refractivity contribution in [3.63, 3.8) is 0 Å². The summed E-state index contributed by atoms with van der Waals surface area (Å²) in [5.41, 5.74) is 0.937. The molecule has 0 bridgehead atoms. The summed E-state index contributed by atoms with van der Waals surface area (Å²) in [5.74, 6) is -0.858. The van der Waals surface area contributed by atoms with E-state index < -0.39 is 21.7 Å². The van der Waals surface area contributed by atoms with Crippen LogP contribution in [0.5, 0.6) is 0 Å². The van der Waals surface area contributed by atoms with E-state index >= 15 is 0 Å². The highest BCUT2D eigenvalue weighted by atomic mass is 32.2. The summed E-state index contributed by atoms with van der Waals surface area (Å²) in [7, 11) is -3.54. The number of rotatable bonds is 9. The van der Waals surface area contributed by atoms with Gasteiger partial charge in [0.1, 0.15) is 5.82 Å². The van der Waals surface area contributed by atoms with E-state index in [9.17, 15) is 17.6 Å². The average molecular weight is 407 g/mol. The number of hydrogen-bond acceptors (Lipinski definition) is 5. The minimum atomic E-state index is -3.54. The number of sulfonamides is 1. The van der Waals surface area contributed by atoms with E-state index in [2.05, 4.69) is 10.5 Å². The molecule has 0 heterocycles. The predicted molar refractivity (Wildman–Crippen MR) is 105 cm³/mol. The van der Waals surface area contributed by atoms with Crippen molar-refractivity contribution in [2.75, 3.05) is 25.0 Å². The van der Waals surface area contributed by atoms with Crippen LogP contribution in [0.4, 0.5) is 10.1 Å². The lowest BCUT2D eigenvalue weighted by atomic mass is 10.2. The van der Waals surface area contributed by atoms with Crippen LogP contribution < -0.4 is 5.32 Å². The van der Waals surface area contributed by atoms with Gasteiger partial charge in [-0.3, -0.25) is 4.79 Å². The maximum absolute atomic E-state index is 13.0. The fraction of sp³-hybridized carbons (Fsp3) is 0.263. The minimum absolute atomic E-state index is 0.158. The number of oxime groups is 1. The third-order valence-electron chi connectivity index (χ3n) is 3.80. The predicted octanol–water partition coefficient (Wildman–Crippen LogP) is 2.85. The summed E-state index contributed by atoms with van der Waals surface area (Å²) in [6.45, 7) is 3.96. The van der Waals surface area contributed by atoms with Gasteiger partial charge in [-0.15, -0.1) is 0 Å². The van der Waals surface area contributed by atoms with Crippen molar-refractivity contribution in [1.29, 1.82) is 0 Å². The Balaban J connectivity index is 1.89. The molecule has 9 heteroatoms. The Morgan fingerprint density at radius 1 is 1.18 bits per heavy atom. The molecule has 0 saturated heterocycles. The van der Waals surface area contributed by atoms with Gasteiger partial charge in [0, 0.05) is 18.8 Å². The third kappa shape index (κ3) is 5.86. The van der Waals surface area contributed by atoms with Gasteiger partial charge in [-0.25, -0.2) is 12.8 Å². The molecule has 1 amide bonds. The smallest absolute Gasteiger partial charge is 0.265 e. The second-order valence-corrected chi connectivity index (χ2v) is 7.66. The number of carbonyl (C=O) groups is 1. The molecule has 0 unspecified atom stereocenters. The Bertz CT molecular complexity index is 926. The molecule has 0 atom stereocenters. The molecule has 2 rings (SSSR count). The van der Waals surface area contributed by atoms with Gasteiger partial charge in [0.2, 0.25) is 10.0 Å². The van der Waals surface area contributed by atoms with Crippen molar-refractivity contribution < 1.29 is 22.4 Å². The first-order valence-electron chi connectivity index (χ1n) is 8.67. The molecule has 150 valence electrons. The van der Waals surface area contributed by atoms with Gasteiger partial charge in [-0.2, -0.15) is 4.31 Å². The van der Waals surface area contributed by atoms with Crippen molar-refractivity contribution in [2.45, 2.75) is 18.7 Å². The zero-order valence-corrected chi connectivity index (χ0v) is 16.4. The van der Waals surface area contributed by atoms with E-state index in [4.69, 9.17) is 4.84 Å². The first-order valence-corrected chi connectivity index (χ1v) is 10.1. The molecule has 0 aliphatic rings. The fourth-order valence-electron chi connectivity index (χ4n) is 2.40. The zero-order valence-electron chi connectivity index (χ0n) is 15.6. The van der Waals surface area contributed by atoms with Crippen molar-refractivity contribution >= 4 is 27.8 Å². The highest BCUT2D eigenvalue weighted by molar-refractivity contribution is 7.89. The summed E-state index contributed by atoms with van der Waals surface area (Å²) in [6, 6.07) is 11.6. The Labute approximate surface area is 163 Å². The molecule has 28 heavy (non-hydrogen) atoms. The summed E-state index contributed by atoms with van der Waals surface area (Å²) in [4.78, 5) is 16.9. The zero-order chi connectivity index (χ0) is 20.6. The Kier molecular flexibility index (Phi) is 7.65. The summed E-state index contributed by atoms with van der Waals surface area (Å²) in [6.07, 6.45) is 1.29. The number of nitrogens with one attached hydrogen (secondary N) is 1. The van der Waals surface area contributed by atoms with E-state index in [1.54, 1.807) is 19.9 Å². The van der Waals surface area contributed by atoms with E-state index in [0.29, 0.717) is 24.3 Å². The van der Waals surface area contributed by atoms with E-state index in [1.807, 2.05) is 0 Å². The molecule has 0 aromatic heterocycles. The van der Waals surface area contributed by atoms with Crippen LogP contribution in [-0.2, 0) is 19.7 Å². The van der Waals surface area contributed by atoms with Crippen molar-refractivity contribution in [3.8, 4) is 0 Å². The molecule has 0 aliphatic heterocycles. The van der Waals surface area contributed by atoms with Crippen LogP contribution in [0.25, 0.3) is 0 Å². The van der Waals surface area contributed by atoms with Crippen LogP contribution in [-0.4, -0.2) is 44.5 Å². The number of benzene rings is 2. The normalized spacial score (nSPS) is 11.7. The van der Waals surface area contributed by atoms with Gasteiger partial charge in [0.15, 0.2) is 6.61 Å². The molecule has 0 radical (unpaired) electrons. The second kappa shape index (κ2) is 9.95. The molecule has 1 N–H and O–H groups in total. The number of nitrogens with zero attached hydrogens (tertiary/aromatic N) is 2. The highest BCUT2D eigenvalue weighted by Gasteiger charge is 2.21. The van der Waals surface area contributed by atoms with Gasteiger partial charge in [-0.05, 0) is 42.0 Å². The fourth-order valence-corrected chi connectivity index (χ4v) is 3.86. The Hall–Kier alpha value is -2.78. The van der Waals surface area contributed by atoms with Gasteiger partial charge >= 0.3 is 0 Å². The van der Waals surface area contributed by atoms with Crippen LogP contribution >= 0.6 is 0 Å². The van der Waals surface area contributed by atoms with Gasteiger partial charge in [0.25, 0.3) is 5.91 Å². The quantitative estimate of drug-likeness (QED) is 0.511. The molecule has 7 nitrogen and oxygen atoms in total. The Morgan fingerprint density at radius 2 is 1.86 bits per heavy atom. The topological polar surface area (TPSA) is 88.1 Å². The minimum Gasteiger partial charge on any atom is -0.386 e. The molecule has 0 aliphatic carbocycles. The van der Waals surface area contributed by atoms with Crippen LogP contribution in [0.15, 0.2) is 58.6 Å². The van der Waals surface area contributed by atoms with Gasteiger partial charge in [-0.1, -0.05) is 31.1 Å². The number of halogens is 1. The average Bonchev–Trinajstić information content (AvgIpc) is 2.66. The highest BCUT2D eigenvalue weighted by Crippen LogP contribution is 2.18. The molecule has 2 aromatic rings. The lowest BCUT2D eigenvalue weighted by molar-refractivity contribution is -0.120. The van der Waals surface area contributed by atoms with E-state index in [1.165, 1.54) is 53.0 Å². The molecule has 2 aromatic carbocycles. The number of carbonyl (C=O) groups excluding carboxylic acids is 1. The largest absolute Gasteiger partial charge is 0.386 e. The second-order valence-electron chi connectivity index (χ2n) is 5.72. The lowest BCUT2D eigenvalue weighted by Gasteiger charge is -2.18. The summed E-state index contributed by atoms with van der Waals surface area (Å²) < 4.78 is 39.2. The van der Waals surface area contributed by atoms with Crippen molar-refractivity contribution in [2.24, 2.45) is 5.16 Å². The van der Waals surface area contributed by atoms with Crippen LogP contribution in [0.2, 0.25) is 0 Å². The number of anilines is 1. The van der Waals surface area contributed by atoms with E-state index in [0.717, 1.165) is 0 Å². The first-order chi connectivity index (χ1) is 13.4. The first kappa shape index (κ1) is 21.5. The standard InChI is InChI=1S/C19H22FN3O4S/c1-3-23(4-2)28(25,26)18-10-8-17(9-11-18)22-19(24)14-27-21-13-15-6-5-7-16(20)12-15/h5-13H,3-4,14H2,1-2H3,(H,22,24)/b21-13-. The molecule has 0 fully saturated rings. The lowest BCUT2D eigenvalue weighted by Crippen LogP contribution is -2.30. The molecular weight excluding hydrogens is 385 g/mol. The third-order valence-corrected chi connectivity index (χ3v) is 5.87. The molecular formula is C19H22FN3O4S. The van der Waals surface area contributed by atoms with Crippen LogP contribution in [0.1, 0.15) is 19.4 Å². The monoisotopic (exact) mass is 407 g/mol. The maximum atomic E-state index is 13.0. The summed E-state index contributed by atoms with van der Waals surface area (Å²) >= 11 is 0. The van der Waals surface area contributed by atoms with Crippen LogP contribution in [0.3, 0.4) is 0 Å². The molecule has 0 saturated carbocycles. The summed E-state index contributed by atoms with van der Waals surface area (Å²) in [5, 5.41) is 6.19. The van der Waals surface area contributed by atoms with Gasteiger partial charge in [0.05, 0.1) is 11.1 Å². The number of amides is 1. The SMILES string of the molecule is CCN(CC)S(=O)(=O)c1ccc(NC(=O)CO/N=C\c2cccc(F)c2)cc1. The van der Waals surface area contributed by atoms with Crippen molar-refractivity contribution in [1.82, 2.24) is 4.31 Å². The number of hydrogen-bond donors (Lipinski definition) is 1. The maximum Gasteiger partial charge on any atom is 0.265 e. The molecule has 0 spiro atoms. The van der Waals surface area contributed by atoms with Gasteiger partial charge < -0.3 is 10.2 Å².